The molecule has 3 aromatic carbocycles. The normalized spacial score (nSPS) is 11.1. The van der Waals surface area contributed by atoms with E-state index in [1.165, 1.54) is 37.3 Å². The van der Waals surface area contributed by atoms with Crippen LogP contribution in [0.3, 0.4) is 0 Å². The number of sulfonamides is 1. The summed E-state index contributed by atoms with van der Waals surface area (Å²) in [6.45, 7) is 3.27. The molecule has 0 aliphatic rings. The van der Waals surface area contributed by atoms with Gasteiger partial charge in [-0.05, 0) is 49.7 Å². The van der Waals surface area contributed by atoms with E-state index < -0.39 is 20.9 Å². The molecule has 3 rings (SSSR count). The molecule has 0 saturated carbocycles. The summed E-state index contributed by atoms with van der Waals surface area (Å²) in [5, 5.41) is 13.6. The molecule has 0 saturated heterocycles. The van der Waals surface area contributed by atoms with E-state index in [1.54, 1.807) is 31.2 Å². The third kappa shape index (κ3) is 4.84. The fourth-order valence-corrected chi connectivity index (χ4v) is 4.55. The molecule has 0 unspecified atom stereocenters. The van der Waals surface area contributed by atoms with Gasteiger partial charge < -0.3 is 5.32 Å². The average molecular weight is 460 g/mol. The lowest BCUT2D eigenvalue weighted by molar-refractivity contribution is -0.385. The first-order valence-corrected chi connectivity index (χ1v) is 10.9. The first-order chi connectivity index (χ1) is 14.6. The molecule has 31 heavy (non-hydrogen) atoms. The monoisotopic (exact) mass is 459 g/mol. The van der Waals surface area contributed by atoms with Crippen LogP contribution in [-0.4, -0.2) is 19.2 Å². The lowest BCUT2D eigenvalue weighted by atomic mass is 10.1. The number of hydrogen-bond donors (Lipinski definition) is 2. The Morgan fingerprint density at radius 2 is 1.68 bits per heavy atom. The van der Waals surface area contributed by atoms with Gasteiger partial charge in [-0.3, -0.25) is 19.6 Å². The smallest absolute Gasteiger partial charge is 0.274 e. The van der Waals surface area contributed by atoms with Gasteiger partial charge in [0.05, 0.1) is 26.9 Å². The molecule has 0 aromatic heterocycles. The number of anilines is 2. The largest absolute Gasteiger partial charge is 0.321 e. The average Bonchev–Trinajstić information content (AvgIpc) is 2.71. The highest BCUT2D eigenvalue weighted by Gasteiger charge is 2.22. The summed E-state index contributed by atoms with van der Waals surface area (Å²) in [5.41, 5.74) is 1.53. The van der Waals surface area contributed by atoms with Gasteiger partial charge in [-0.1, -0.05) is 35.9 Å². The number of nitro benzene ring substituents is 1. The molecule has 0 radical (unpaired) electrons. The van der Waals surface area contributed by atoms with Crippen LogP contribution in [0.2, 0.25) is 5.02 Å². The minimum absolute atomic E-state index is 0.0282. The number of halogens is 1. The number of aryl methyl sites for hydroxylation is 1. The van der Waals surface area contributed by atoms with Crippen LogP contribution in [-0.2, 0) is 10.0 Å². The highest BCUT2D eigenvalue weighted by Crippen LogP contribution is 2.28. The number of carbonyl (C=O) groups is 1. The predicted molar refractivity (Wildman–Crippen MR) is 119 cm³/mol. The summed E-state index contributed by atoms with van der Waals surface area (Å²) >= 11 is 6.11. The molecule has 0 aliphatic carbocycles. The Labute approximate surface area is 184 Å². The topological polar surface area (TPSA) is 118 Å². The summed E-state index contributed by atoms with van der Waals surface area (Å²) in [7, 11) is -4.07. The summed E-state index contributed by atoms with van der Waals surface area (Å²) in [4.78, 5) is 23.0. The van der Waals surface area contributed by atoms with Gasteiger partial charge >= 0.3 is 0 Å². The number of carbonyl (C=O) groups excluding carboxylic acids is 1. The van der Waals surface area contributed by atoms with Crippen LogP contribution in [0.1, 0.15) is 21.5 Å². The maximum atomic E-state index is 12.9. The number of nitrogens with one attached hydrogen (secondary N) is 2. The zero-order valence-corrected chi connectivity index (χ0v) is 18.1. The zero-order valence-electron chi connectivity index (χ0n) is 16.5. The molecule has 0 atom stereocenters. The minimum Gasteiger partial charge on any atom is -0.321 e. The molecular weight excluding hydrogens is 442 g/mol. The maximum absolute atomic E-state index is 12.9. The van der Waals surface area contributed by atoms with Crippen LogP contribution >= 0.6 is 11.6 Å². The molecule has 0 bridgehead atoms. The molecule has 1 amide bonds. The number of benzene rings is 3. The molecule has 160 valence electrons. The van der Waals surface area contributed by atoms with Crippen molar-refractivity contribution < 1.29 is 18.1 Å². The third-order valence-electron chi connectivity index (χ3n) is 4.62. The summed E-state index contributed by atoms with van der Waals surface area (Å²) in [6, 6.07) is 15.0. The van der Waals surface area contributed by atoms with Crippen molar-refractivity contribution in [1.82, 2.24) is 0 Å². The highest BCUT2D eigenvalue weighted by molar-refractivity contribution is 7.92. The third-order valence-corrected chi connectivity index (χ3v) is 6.47. The molecule has 0 aliphatic heterocycles. The number of amides is 1. The lowest BCUT2D eigenvalue weighted by Crippen LogP contribution is -2.17. The second-order valence-corrected chi connectivity index (χ2v) is 8.78. The van der Waals surface area contributed by atoms with Crippen LogP contribution in [0.5, 0.6) is 0 Å². The number of nitro groups is 1. The van der Waals surface area contributed by atoms with E-state index in [-0.39, 0.29) is 32.4 Å². The van der Waals surface area contributed by atoms with Crippen molar-refractivity contribution in [3.63, 3.8) is 0 Å². The Morgan fingerprint density at radius 3 is 2.35 bits per heavy atom. The van der Waals surface area contributed by atoms with Crippen LogP contribution < -0.4 is 10.0 Å². The maximum Gasteiger partial charge on any atom is 0.274 e. The Balaban J connectivity index is 1.92. The Bertz CT molecular complexity index is 1290. The van der Waals surface area contributed by atoms with Crippen molar-refractivity contribution in [3.8, 4) is 0 Å². The first-order valence-electron chi connectivity index (χ1n) is 9.03. The molecule has 10 heteroatoms. The van der Waals surface area contributed by atoms with Gasteiger partial charge in [0, 0.05) is 11.6 Å². The van der Waals surface area contributed by atoms with E-state index in [9.17, 15) is 23.3 Å². The van der Waals surface area contributed by atoms with Gasteiger partial charge in [-0.2, -0.15) is 0 Å². The van der Waals surface area contributed by atoms with Gasteiger partial charge in [-0.25, -0.2) is 8.42 Å². The number of hydrogen-bond acceptors (Lipinski definition) is 5. The molecule has 0 fully saturated rings. The van der Waals surface area contributed by atoms with Gasteiger partial charge in [0.1, 0.15) is 4.90 Å². The lowest BCUT2D eigenvalue weighted by Gasteiger charge is -2.13. The fraction of sp³-hybridized carbons (Fsp3) is 0.0952. The van der Waals surface area contributed by atoms with E-state index in [4.69, 9.17) is 11.6 Å². The van der Waals surface area contributed by atoms with E-state index >= 15 is 0 Å². The van der Waals surface area contributed by atoms with Crippen LogP contribution in [0.4, 0.5) is 17.1 Å². The van der Waals surface area contributed by atoms with Crippen molar-refractivity contribution in [2.24, 2.45) is 0 Å². The van der Waals surface area contributed by atoms with Gasteiger partial charge in [0.15, 0.2) is 0 Å². The fourth-order valence-electron chi connectivity index (χ4n) is 2.89. The molecule has 0 spiro atoms. The number of nitrogens with zero attached hydrogens (tertiary/aromatic N) is 1. The van der Waals surface area contributed by atoms with E-state index in [0.29, 0.717) is 5.69 Å². The Morgan fingerprint density at radius 1 is 1.00 bits per heavy atom. The van der Waals surface area contributed by atoms with E-state index in [0.717, 1.165) is 11.6 Å². The van der Waals surface area contributed by atoms with E-state index in [2.05, 4.69) is 10.0 Å². The molecule has 0 heterocycles. The summed E-state index contributed by atoms with van der Waals surface area (Å²) in [5.74, 6) is -0.632. The van der Waals surface area contributed by atoms with Crippen molar-refractivity contribution >= 4 is 44.6 Å². The second kappa shape index (κ2) is 8.75. The molecule has 8 nitrogen and oxygen atoms in total. The SMILES string of the molecule is Cc1ccccc1NS(=O)(=O)c1cc(C(=O)Nc2cccc([N+](=O)[O-])c2C)ccc1Cl. The molecule has 3 aromatic rings. The summed E-state index contributed by atoms with van der Waals surface area (Å²) < 4.78 is 28.2. The zero-order chi connectivity index (χ0) is 22.8. The quantitative estimate of drug-likeness (QED) is 0.400. The second-order valence-electron chi connectivity index (χ2n) is 6.73. The van der Waals surface area contributed by atoms with Crippen molar-refractivity contribution in [1.29, 1.82) is 0 Å². The van der Waals surface area contributed by atoms with Gasteiger partial charge in [0.2, 0.25) is 0 Å². The standard InChI is InChI=1S/C21H18ClN3O5S/c1-13-6-3-4-7-17(13)24-31(29,30)20-12-15(10-11-16(20)22)21(26)23-18-8-5-9-19(14(18)2)25(27)28/h3-12,24H,1-2H3,(H,23,26). The Hall–Kier alpha value is -3.43. The van der Waals surface area contributed by atoms with Crippen LogP contribution in [0, 0.1) is 24.0 Å². The van der Waals surface area contributed by atoms with Crippen LogP contribution in [0.25, 0.3) is 0 Å². The number of para-hydroxylation sites is 1. The minimum atomic E-state index is -4.07. The molecule has 2 N–H and O–H groups in total. The van der Waals surface area contributed by atoms with Crippen molar-refractivity contribution in [2.75, 3.05) is 10.0 Å². The predicted octanol–water partition coefficient (Wildman–Crippen LogP) is 4.92. The highest BCUT2D eigenvalue weighted by atomic mass is 35.5. The van der Waals surface area contributed by atoms with Crippen molar-refractivity contribution in [2.45, 2.75) is 18.7 Å². The van der Waals surface area contributed by atoms with Gasteiger partial charge in [0.25, 0.3) is 21.6 Å². The van der Waals surface area contributed by atoms with E-state index in [1.807, 2.05) is 0 Å². The van der Waals surface area contributed by atoms with Crippen LogP contribution in [0.15, 0.2) is 65.6 Å². The van der Waals surface area contributed by atoms with Crippen molar-refractivity contribution in [3.05, 3.63) is 92.5 Å². The first kappa shape index (κ1) is 22.3. The summed E-state index contributed by atoms with van der Waals surface area (Å²) in [6.07, 6.45) is 0. The molecular formula is C21H18ClN3O5S. The van der Waals surface area contributed by atoms with Gasteiger partial charge in [-0.15, -0.1) is 0 Å². The number of rotatable bonds is 6. The Kier molecular flexibility index (Phi) is 6.28.